The number of pyridine rings is 1. The number of nitrogens with zero attached hydrogens (tertiary/aromatic N) is 4. The van der Waals surface area contributed by atoms with Crippen LogP contribution in [0.4, 0.5) is 0 Å². The molecule has 1 aliphatic heterocycles. The van der Waals surface area contributed by atoms with E-state index >= 15 is 0 Å². The predicted octanol–water partition coefficient (Wildman–Crippen LogP) is 2.59. The highest BCUT2D eigenvalue weighted by molar-refractivity contribution is 6.14. The number of amides is 1. The fourth-order valence-electron chi connectivity index (χ4n) is 3.52. The third-order valence-electron chi connectivity index (χ3n) is 4.98. The van der Waals surface area contributed by atoms with Crippen molar-refractivity contribution in [2.45, 2.75) is 25.3 Å². The minimum Gasteiger partial charge on any atom is -0.364 e. The van der Waals surface area contributed by atoms with Gasteiger partial charge < -0.3 is 5.73 Å². The minimum absolute atomic E-state index is 0.272. The number of hydrogen-bond donors (Lipinski definition) is 1. The van der Waals surface area contributed by atoms with Crippen LogP contribution in [-0.2, 0) is 6.54 Å². The summed E-state index contributed by atoms with van der Waals surface area (Å²) >= 11 is 0. The number of nitrogens with two attached hydrogens (primary N) is 1. The van der Waals surface area contributed by atoms with Crippen molar-refractivity contribution < 1.29 is 4.79 Å². The molecule has 1 fully saturated rings. The van der Waals surface area contributed by atoms with Gasteiger partial charge in [0.05, 0.1) is 29.3 Å². The second-order valence-electron chi connectivity index (χ2n) is 6.70. The van der Waals surface area contributed by atoms with Crippen LogP contribution in [-0.4, -0.2) is 26.2 Å². The van der Waals surface area contributed by atoms with Gasteiger partial charge in [-0.15, -0.1) is 0 Å². The molecule has 5 rings (SSSR count). The second kappa shape index (κ2) is 5.62. The van der Waals surface area contributed by atoms with Gasteiger partial charge in [0.2, 0.25) is 0 Å². The molecule has 6 nitrogen and oxygen atoms in total. The van der Waals surface area contributed by atoms with E-state index in [-0.39, 0.29) is 5.69 Å². The van der Waals surface area contributed by atoms with Crippen molar-refractivity contribution in [2.75, 3.05) is 0 Å². The molecule has 0 spiro atoms. The van der Waals surface area contributed by atoms with Crippen LogP contribution in [0.15, 0.2) is 53.9 Å². The first kappa shape index (κ1) is 15.0. The Kier molecular flexibility index (Phi) is 3.25. The van der Waals surface area contributed by atoms with Gasteiger partial charge >= 0.3 is 0 Å². The molecule has 0 atom stereocenters. The molecule has 1 aliphatic carbocycles. The Labute approximate surface area is 150 Å². The quantitative estimate of drug-likeness (QED) is 0.793. The number of carbonyl (C=O) groups is 1. The molecule has 2 aromatic heterocycles. The van der Waals surface area contributed by atoms with Crippen molar-refractivity contribution in [3.05, 3.63) is 77.1 Å². The van der Waals surface area contributed by atoms with Crippen LogP contribution in [0.25, 0.3) is 5.69 Å². The Morgan fingerprint density at radius 2 is 2.04 bits per heavy atom. The molecule has 0 unspecified atom stereocenters. The summed E-state index contributed by atoms with van der Waals surface area (Å²) in [6, 6.07) is 12.3. The number of rotatable bonds is 3. The van der Waals surface area contributed by atoms with E-state index in [0.29, 0.717) is 18.2 Å². The fraction of sp³-hybridized carbons (Fsp3) is 0.200. The normalized spacial score (nSPS) is 15.6. The summed E-state index contributed by atoms with van der Waals surface area (Å²) in [5, 5.41) is 0. The van der Waals surface area contributed by atoms with E-state index in [4.69, 9.17) is 10.7 Å². The molecule has 6 heteroatoms. The number of benzene rings is 1. The van der Waals surface area contributed by atoms with Crippen LogP contribution in [0.2, 0.25) is 0 Å². The van der Waals surface area contributed by atoms with Gasteiger partial charge in [-0.3, -0.25) is 19.3 Å². The van der Waals surface area contributed by atoms with E-state index in [9.17, 15) is 4.79 Å². The zero-order chi connectivity index (χ0) is 17.7. The molecular weight excluding hydrogens is 326 g/mol. The molecule has 3 heterocycles. The highest BCUT2D eigenvalue weighted by atomic mass is 16.1. The van der Waals surface area contributed by atoms with Crippen molar-refractivity contribution in [3.63, 3.8) is 0 Å². The van der Waals surface area contributed by atoms with Gasteiger partial charge in [0.1, 0.15) is 6.33 Å². The zero-order valence-electron chi connectivity index (χ0n) is 14.1. The molecule has 0 saturated heterocycles. The van der Waals surface area contributed by atoms with Crippen LogP contribution in [0, 0.1) is 0 Å². The monoisotopic (exact) mass is 343 g/mol. The number of carbonyl (C=O) groups excluding carboxylic acids is 1. The van der Waals surface area contributed by atoms with Crippen molar-refractivity contribution in [2.24, 2.45) is 10.7 Å². The van der Waals surface area contributed by atoms with Crippen LogP contribution >= 0.6 is 0 Å². The zero-order valence-corrected chi connectivity index (χ0v) is 14.1. The maximum Gasteiger partial charge on any atom is 0.269 e. The number of imidazole rings is 1. The second-order valence-corrected chi connectivity index (χ2v) is 6.70. The standard InChI is InChI=1S/C20H17N5O/c21-20(26)19-17-10-23-18(15-3-1-2-8-22-15)14-9-13(12-4-5-12)6-7-16(14)25(17)11-24-19/h1-3,6-9,11-12H,4-5,10H2,(H2,21,26). The molecular formula is C20H17N5O. The van der Waals surface area contributed by atoms with E-state index in [1.165, 1.54) is 18.4 Å². The van der Waals surface area contributed by atoms with Gasteiger partial charge in [-0.2, -0.15) is 0 Å². The molecule has 1 aromatic carbocycles. The van der Waals surface area contributed by atoms with E-state index in [2.05, 4.69) is 28.2 Å². The number of hydrogen-bond acceptors (Lipinski definition) is 4. The van der Waals surface area contributed by atoms with E-state index in [1.807, 2.05) is 22.8 Å². The molecule has 128 valence electrons. The molecule has 0 radical (unpaired) electrons. The summed E-state index contributed by atoms with van der Waals surface area (Å²) in [5.74, 6) is 0.100. The smallest absolute Gasteiger partial charge is 0.269 e. The van der Waals surface area contributed by atoms with Crippen LogP contribution in [0.5, 0.6) is 0 Å². The lowest BCUT2D eigenvalue weighted by Crippen LogP contribution is -2.14. The van der Waals surface area contributed by atoms with Crippen LogP contribution < -0.4 is 5.73 Å². The Morgan fingerprint density at radius 1 is 1.15 bits per heavy atom. The summed E-state index contributed by atoms with van der Waals surface area (Å²) in [5.41, 5.74) is 11.4. The third-order valence-corrected chi connectivity index (χ3v) is 4.98. The first-order valence-corrected chi connectivity index (χ1v) is 8.69. The number of fused-ring (bicyclic) bond motifs is 3. The minimum atomic E-state index is -0.536. The van der Waals surface area contributed by atoms with Gasteiger partial charge in [-0.1, -0.05) is 12.1 Å². The highest BCUT2D eigenvalue weighted by Crippen LogP contribution is 2.41. The van der Waals surface area contributed by atoms with E-state index in [1.54, 1.807) is 12.5 Å². The topological polar surface area (TPSA) is 86.2 Å². The molecule has 0 bridgehead atoms. The summed E-state index contributed by atoms with van der Waals surface area (Å²) in [6.07, 6.45) is 5.89. The summed E-state index contributed by atoms with van der Waals surface area (Å²) in [6.45, 7) is 0.331. The Morgan fingerprint density at radius 3 is 2.77 bits per heavy atom. The molecule has 1 saturated carbocycles. The highest BCUT2D eigenvalue weighted by Gasteiger charge is 2.28. The predicted molar refractivity (Wildman–Crippen MR) is 97.6 cm³/mol. The fourth-order valence-corrected chi connectivity index (χ4v) is 3.52. The van der Waals surface area contributed by atoms with Gasteiger partial charge in [0.15, 0.2) is 5.69 Å². The van der Waals surface area contributed by atoms with Crippen molar-refractivity contribution in [3.8, 4) is 5.69 Å². The Bertz CT molecular complexity index is 1050. The lowest BCUT2D eigenvalue weighted by atomic mass is 9.99. The molecule has 2 aliphatic rings. The van der Waals surface area contributed by atoms with Gasteiger partial charge in [0.25, 0.3) is 5.91 Å². The van der Waals surface area contributed by atoms with Gasteiger partial charge in [-0.05, 0) is 48.6 Å². The number of aromatic nitrogens is 3. The molecule has 1 amide bonds. The van der Waals surface area contributed by atoms with Crippen LogP contribution in [0.3, 0.4) is 0 Å². The first-order chi connectivity index (χ1) is 12.7. The van der Waals surface area contributed by atoms with E-state index in [0.717, 1.165) is 22.7 Å². The van der Waals surface area contributed by atoms with E-state index < -0.39 is 5.91 Å². The maximum atomic E-state index is 11.7. The summed E-state index contributed by atoms with van der Waals surface area (Å²) < 4.78 is 1.92. The van der Waals surface area contributed by atoms with Gasteiger partial charge in [0, 0.05) is 11.8 Å². The largest absolute Gasteiger partial charge is 0.364 e. The first-order valence-electron chi connectivity index (χ1n) is 8.69. The third kappa shape index (κ3) is 2.34. The lowest BCUT2D eigenvalue weighted by molar-refractivity contribution is 0.0995. The average Bonchev–Trinajstić information content (AvgIpc) is 3.44. The van der Waals surface area contributed by atoms with Gasteiger partial charge in [-0.25, -0.2) is 4.98 Å². The SMILES string of the molecule is NC(=O)c1ncn2c1CN=C(c1ccccn1)c1cc(C3CC3)ccc1-2. The maximum absolute atomic E-state index is 11.7. The Hall–Kier alpha value is -3.28. The lowest BCUT2D eigenvalue weighted by Gasteiger charge is -2.13. The van der Waals surface area contributed by atoms with Crippen molar-refractivity contribution >= 4 is 11.6 Å². The van der Waals surface area contributed by atoms with Crippen LogP contribution in [0.1, 0.15) is 51.8 Å². The number of primary amides is 1. The van der Waals surface area contributed by atoms with Crippen molar-refractivity contribution in [1.82, 2.24) is 14.5 Å². The summed E-state index contributed by atoms with van der Waals surface area (Å²) in [4.78, 5) is 25.2. The molecule has 2 N–H and O–H groups in total. The van der Waals surface area contributed by atoms with Crippen molar-refractivity contribution in [1.29, 1.82) is 0 Å². The molecule has 26 heavy (non-hydrogen) atoms. The molecule has 3 aromatic rings. The number of aliphatic imine (C=N–C) groups is 1. The summed E-state index contributed by atoms with van der Waals surface area (Å²) in [7, 11) is 0. The average molecular weight is 343 g/mol. The Balaban J connectivity index is 1.76.